The molecular weight excluding hydrogens is 277 g/mol. The Morgan fingerprint density at radius 1 is 1.05 bits per heavy atom. The minimum absolute atomic E-state index is 0.167. The Bertz CT molecular complexity index is 303. The van der Waals surface area contributed by atoms with Gasteiger partial charge in [0.15, 0.2) is 0 Å². The first kappa shape index (κ1) is 18.8. The number of nitrogens with zero attached hydrogens (tertiary/aromatic N) is 1. The minimum Gasteiger partial charge on any atom is -0.329 e. The molecule has 0 aromatic carbocycles. The van der Waals surface area contributed by atoms with Gasteiger partial charge in [-0.25, -0.2) is 0 Å². The predicted octanol–water partition coefficient (Wildman–Crippen LogP) is 4.34. The lowest BCUT2D eigenvalue weighted by Crippen LogP contribution is -2.55. The van der Waals surface area contributed by atoms with E-state index in [1.165, 1.54) is 12.8 Å². The first-order valence-corrected chi connectivity index (χ1v) is 8.22. The first-order valence-electron chi connectivity index (χ1n) is 8.22. The number of piperidine rings is 1. The maximum atomic E-state index is 12.3. The fourth-order valence-electron chi connectivity index (χ4n) is 3.54. The molecule has 2 N–H and O–H groups in total. The summed E-state index contributed by atoms with van der Waals surface area (Å²) in [5.41, 5.74) is 6.03. The Kier molecular flexibility index (Phi) is 6.54. The summed E-state index contributed by atoms with van der Waals surface area (Å²) in [5.74, 6) is 0. The van der Waals surface area contributed by atoms with Gasteiger partial charge in [-0.15, -0.1) is 0 Å². The van der Waals surface area contributed by atoms with E-state index in [1.807, 2.05) is 6.92 Å². The molecule has 1 rings (SSSR count). The molecule has 1 heterocycles. The van der Waals surface area contributed by atoms with Crippen molar-refractivity contribution < 1.29 is 13.2 Å². The lowest BCUT2D eigenvalue weighted by molar-refractivity contribution is -0.137. The molecule has 1 unspecified atom stereocenters. The Morgan fingerprint density at radius 3 is 1.95 bits per heavy atom. The zero-order chi connectivity index (χ0) is 16.1. The van der Waals surface area contributed by atoms with Crippen molar-refractivity contribution in [1.82, 2.24) is 4.90 Å². The molecule has 0 aromatic rings. The number of nitrogens with two attached hydrogens (primary N) is 1. The van der Waals surface area contributed by atoms with Crippen LogP contribution in [0.1, 0.15) is 65.7 Å². The summed E-state index contributed by atoms with van der Waals surface area (Å²) >= 11 is 0. The highest BCUT2D eigenvalue weighted by molar-refractivity contribution is 4.93. The molecule has 1 atom stereocenters. The average Bonchev–Trinajstić information content (AvgIpc) is 2.45. The molecular formula is C16H31F3N2. The van der Waals surface area contributed by atoms with Crippen molar-refractivity contribution in [1.29, 1.82) is 0 Å². The van der Waals surface area contributed by atoms with Crippen molar-refractivity contribution in [2.24, 2.45) is 11.1 Å². The van der Waals surface area contributed by atoms with E-state index < -0.39 is 12.6 Å². The van der Waals surface area contributed by atoms with E-state index in [1.54, 1.807) is 0 Å². The second-order valence-electron chi connectivity index (χ2n) is 6.86. The van der Waals surface area contributed by atoms with Gasteiger partial charge in [0.25, 0.3) is 0 Å². The normalized spacial score (nSPS) is 23.0. The van der Waals surface area contributed by atoms with Gasteiger partial charge in [0.1, 0.15) is 0 Å². The van der Waals surface area contributed by atoms with E-state index in [2.05, 4.69) is 18.7 Å². The van der Waals surface area contributed by atoms with Gasteiger partial charge < -0.3 is 5.73 Å². The molecule has 0 spiro atoms. The van der Waals surface area contributed by atoms with Crippen molar-refractivity contribution >= 4 is 0 Å². The van der Waals surface area contributed by atoms with Crippen molar-refractivity contribution in [2.45, 2.75) is 77.4 Å². The lowest BCUT2D eigenvalue weighted by Gasteiger charge is -2.48. The largest absolute Gasteiger partial charge is 0.389 e. The molecule has 1 fully saturated rings. The van der Waals surface area contributed by atoms with Gasteiger partial charge in [0.05, 0.1) is 0 Å². The number of halogens is 3. The molecule has 1 aliphatic heterocycles. The standard InChI is InChI=1S/C16H31F3N2/c1-4-15(5-2)9-11-21(12-10-15)14(3,13-20)7-6-8-16(17,18)19/h4-13,20H2,1-3H3. The Hall–Kier alpha value is -0.290. The number of rotatable bonds is 7. The topological polar surface area (TPSA) is 29.3 Å². The molecule has 0 amide bonds. The van der Waals surface area contributed by atoms with E-state index >= 15 is 0 Å². The van der Waals surface area contributed by atoms with Crippen LogP contribution in [0.4, 0.5) is 13.2 Å². The number of alkyl halides is 3. The van der Waals surface area contributed by atoms with Crippen LogP contribution >= 0.6 is 0 Å². The molecule has 1 aliphatic rings. The number of hydrogen-bond acceptors (Lipinski definition) is 2. The monoisotopic (exact) mass is 308 g/mol. The number of hydrogen-bond donors (Lipinski definition) is 1. The molecule has 0 aliphatic carbocycles. The summed E-state index contributed by atoms with van der Waals surface area (Å²) in [7, 11) is 0. The van der Waals surface area contributed by atoms with E-state index in [0.29, 0.717) is 18.4 Å². The van der Waals surface area contributed by atoms with Crippen LogP contribution in [-0.4, -0.2) is 36.2 Å². The smallest absolute Gasteiger partial charge is 0.329 e. The van der Waals surface area contributed by atoms with Crippen LogP contribution in [0.15, 0.2) is 0 Å². The number of likely N-dealkylation sites (tertiary alicyclic amines) is 1. The SMILES string of the molecule is CCC1(CC)CCN(C(C)(CN)CCCC(F)(F)F)CC1. The summed E-state index contributed by atoms with van der Waals surface area (Å²) in [6, 6.07) is 0. The van der Waals surface area contributed by atoms with Crippen molar-refractivity contribution in [3.63, 3.8) is 0 Å². The van der Waals surface area contributed by atoms with E-state index in [9.17, 15) is 13.2 Å². The van der Waals surface area contributed by atoms with Gasteiger partial charge in [-0.05, 0) is 51.1 Å². The predicted molar refractivity (Wildman–Crippen MR) is 81.2 cm³/mol. The van der Waals surface area contributed by atoms with Gasteiger partial charge in [0, 0.05) is 18.5 Å². The third-order valence-electron chi connectivity index (χ3n) is 5.70. The van der Waals surface area contributed by atoms with Crippen molar-refractivity contribution in [3.05, 3.63) is 0 Å². The maximum absolute atomic E-state index is 12.3. The van der Waals surface area contributed by atoms with Crippen LogP contribution < -0.4 is 5.73 Å². The molecule has 0 radical (unpaired) electrons. The highest BCUT2D eigenvalue weighted by Crippen LogP contribution is 2.40. The van der Waals surface area contributed by atoms with Crippen molar-refractivity contribution in [2.75, 3.05) is 19.6 Å². The molecule has 5 heteroatoms. The Balaban J connectivity index is 2.56. The quantitative estimate of drug-likeness (QED) is 0.758. The maximum Gasteiger partial charge on any atom is 0.389 e. The minimum atomic E-state index is -4.06. The van der Waals surface area contributed by atoms with E-state index in [0.717, 1.165) is 25.9 Å². The summed E-state index contributed by atoms with van der Waals surface area (Å²) in [6.07, 6.45) is 0.565. The lowest BCUT2D eigenvalue weighted by atomic mass is 9.73. The zero-order valence-electron chi connectivity index (χ0n) is 13.7. The molecule has 126 valence electrons. The second-order valence-corrected chi connectivity index (χ2v) is 6.86. The van der Waals surface area contributed by atoms with Crippen LogP contribution in [0.5, 0.6) is 0 Å². The average molecular weight is 308 g/mol. The first-order chi connectivity index (χ1) is 9.70. The van der Waals surface area contributed by atoms with E-state index in [-0.39, 0.29) is 12.0 Å². The van der Waals surface area contributed by atoms with Crippen molar-refractivity contribution in [3.8, 4) is 0 Å². The fraction of sp³-hybridized carbons (Fsp3) is 1.00. The highest BCUT2D eigenvalue weighted by Gasteiger charge is 2.38. The molecule has 21 heavy (non-hydrogen) atoms. The molecule has 1 saturated heterocycles. The van der Waals surface area contributed by atoms with Gasteiger partial charge in [-0.2, -0.15) is 13.2 Å². The Labute approximate surface area is 127 Å². The third kappa shape index (κ3) is 5.13. The molecule has 0 bridgehead atoms. The van der Waals surface area contributed by atoms with Gasteiger partial charge >= 0.3 is 6.18 Å². The summed E-state index contributed by atoms with van der Waals surface area (Å²) in [4.78, 5) is 2.33. The highest BCUT2D eigenvalue weighted by atomic mass is 19.4. The molecule has 0 aromatic heterocycles. The molecule has 0 saturated carbocycles. The van der Waals surface area contributed by atoms with Gasteiger partial charge in [-0.1, -0.05) is 26.7 Å². The third-order valence-corrected chi connectivity index (χ3v) is 5.70. The second kappa shape index (κ2) is 7.32. The zero-order valence-corrected chi connectivity index (χ0v) is 13.7. The van der Waals surface area contributed by atoms with Crippen LogP contribution in [0.3, 0.4) is 0 Å². The van der Waals surface area contributed by atoms with Gasteiger partial charge in [0.2, 0.25) is 0 Å². The summed E-state index contributed by atoms with van der Waals surface area (Å²) in [6.45, 7) is 8.85. The summed E-state index contributed by atoms with van der Waals surface area (Å²) < 4.78 is 37.0. The van der Waals surface area contributed by atoms with Crippen LogP contribution in [0, 0.1) is 5.41 Å². The summed E-state index contributed by atoms with van der Waals surface area (Å²) in [5, 5.41) is 0. The van der Waals surface area contributed by atoms with Crippen LogP contribution in [0.25, 0.3) is 0 Å². The van der Waals surface area contributed by atoms with Gasteiger partial charge in [-0.3, -0.25) is 4.90 Å². The van der Waals surface area contributed by atoms with Crippen LogP contribution in [0.2, 0.25) is 0 Å². The van der Waals surface area contributed by atoms with E-state index in [4.69, 9.17) is 5.73 Å². The fourth-order valence-corrected chi connectivity index (χ4v) is 3.54. The molecule has 2 nitrogen and oxygen atoms in total. The van der Waals surface area contributed by atoms with Crippen LogP contribution in [-0.2, 0) is 0 Å². The Morgan fingerprint density at radius 2 is 1.57 bits per heavy atom.